The third-order valence-corrected chi connectivity index (χ3v) is 4.14. The largest absolute Gasteiger partial charge is 0.490 e. The Hall–Kier alpha value is -0.730. The van der Waals surface area contributed by atoms with Crippen LogP contribution >= 0.6 is 11.6 Å². The molecule has 0 amide bonds. The van der Waals surface area contributed by atoms with E-state index in [4.69, 9.17) is 22.1 Å². The normalized spacial score (nSPS) is 25.1. The van der Waals surface area contributed by atoms with Crippen LogP contribution in [-0.4, -0.2) is 12.1 Å². The second-order valence-corrected chi connectivity index (χ2v) is 6.32. The molecule has 0 heterocycles. The molecular formula is C16H24ClNO. The number of ether oxygens (including phenoxy) is 1. The molecule has 2 rings (SSSR count). The lowest BCUT2D eigenvalue weighted by Crippen LogP contribution is -2.25. The Balaban J connectivity index is 2.12. The molecule has 2 nitrogen and oxygen atoms in total. The summed E-state index contributed by atoms with van der Waals surface area (Å²) in [5, 5.41) is 0.763. The van der Waals surface area contributed by atoms with E-state index in [0.29, 0.717) is 6.10 Å². The first-order valence-corrected chi connectivity index (χ1v) is 7.63. The van der Waals surface area contributed by atoms with Gasteiger partial charge in [-0.1, -0.05) is 31.0 Å². The van der Waals surface area contributed by atoms with E-state index in [1.807, 2.05) is 25.1 Å². The van der Waals surface area contributed by atoms with Gasteiger partial charge in [0.05, 0.1) is 6.10 Å². The molecule has 1 aliphatic rings. The van der Waals surface area contributed by atoms with Crippen LogP contribution in [0.15, 0.2) is 18.2 Å². The first kappa shape index (κ1) is 14.7. The molecule has 1 fully saturated rings. The van der Waals surface area contributed by atoms with E-state index in [9.17, 15) is 0 Å². The van der Waals surface area contributed by atoms with Gasteiger partial charge >= 0.3 is 0 Å². The molecule has 0 aromatic heterocycles. The molecule has 0 radical (unpaired) electrons. The Morgan fingerprint density at radius 2 is 2.21 bits per heavy atom. The van der Waals surface area contributed by atoms with E-state index < -0.39 is 0 Å². The second-order valence-electron chi connectivity index (χ2n) is 5.91. The SMILES string of the molecule is CC(N)Cc1c(Cl)cccc1OC1CCCC(C)C1. The fourth-order valence-electron chi connectivity index (χ4n) is 2.83. The molecule has 2 N–H and O–H groups in total. The van der Waals surface area contributed by atoms with Gasteiger partial charge in [0.2, 0.25) is 0 Å². The van der Waals surface area contributed by atoms with Crippen molar-refractivity contribution in [2.24, 2.45) is 11.7 Å². The van der Waals surface area contributed by atoms with Crippen LogP contribution in [0.4, 0.5) is 0 Å². The number of nitrogens with two attached hydrogens (primary N) is 1. The third kappa shape index (κ3) is 4.12. The maximum Gasteiger partial charge on any atom is 0.124 e. The maximum atomic E-state index is 6.28. The number of hydrogen-bond acceptors (Lipinski definition) is 2. The van der Waals surface area contributed by atoms with Gasteiger partial charge in [0.25, 0.3) is 0 Å². The summed E-state index contributed by atoms with van der Waals surface area (Å²) in [6.07, 6.45) is 5.96. The summed E-state index contributed by atoms with van der Waals surface area (Å²) < 4.78 is 6.20. The molecule has 1 aromatic rings. The summed E-state index contributed by atoms with van der Waals surface area (Å²) in [4.78, 5) is 0. The van der Waals surface area contributed by atoms with E-state index >= 15 is 0 Å². The van der Waals surface area contributed by atoms with Gasteiger partial charge in [-0.15, -0.1) is 0 Å². The minimum atomic E-state index is 0.0903. The van der Waals surface area contributed by atoms with Crippen molar-refractivity contribution in [2.75, 3.05) is 0 Å². The van der Waals surface area contributed by atoms with E-state index in [0.717, 1.165) is 41.5 Å². The molecule has 3 atom stereocenters. The molecule has 1 aliphatic carbocycles. The fraction of sp³-hybridized carbons (Fsp3) is 0.625. The minimum Gasteiger partial charge on any atom is -0.490 e. The first-order chi connectivity index (χ1) is 9.06. The lowest BCUT2D eigenvalue weighted by atomic mass is 9.88. The van der Waals surface area contributed by atoms with Crippen LogP contribution in [0.2, 0.25) is 5.02 Å². The van der Waals surface area contributed by atoms with Crippen molar-refractivity contribution in [1.29, 1.82) is 0 Å². The molecule has 106 valence electrons. The zero-order valence-electron chi connectivity index (χ0n) is 11.9. The van der Waals surface area contributed by atoms with Crippen molar-refractivity contribution >= 4 is 11.6 Å². The summed E-state index contributed by atoms with van der Waals surface area (Å²) in [5.41, 5.74) is 6.96. The molecule has 3 heteroatoms. The van der Waals surface area contributed by atoms with Gasteiger partial charge in [0.1, 0.15) is 5.75 Å². The number of benzene rings is 1. The number of hydrogen-bond donors (Lipinski definition) is 1. The van der Waals surface area contributed by atoms with Gasteiger partial charge in [0.15, 0.2) is 0 Å². The van der Waals surface area contributed by atoms with Crippen LogP contribution in [0.25, 0.3) is 0 Å². The van der Waals surface area contributed by atoms with Crippen molar-refractivity contribution in [3.63, 3.8) is 0 Å². The van der Waals surface area contributed by atoms with E-state index in [1.165, 1.54) is 12.8 Å². The van der Waals surface area contributed by atoms with Crippen molar-refractivity contribution in [1.82, 2.24) is 0 Å². The zero-order chi connectivity index (χ0) is 13.8. The van der Waals surface area contributed by atoms with Crippen molar-refractivity contribution in [3.8, 4) is 5.75 Å². The standard InChI is InChI=1S/C16H24ClNO/c1-11-5-3-6-13(9-11)19-16-8-4-7-15(17)14(16)10-12(2)18/h4,7-8,11-13H,3,5-6,9-10,18H2,1-2H3. The van der Waals surface area contributed by atoms with Crippen LogP contribution in [0.3, 0.4) is 0 Å². The monoisotopic (exact) mass is 281 g/mol. The Labute approximate surface area is 121 Å². The Bertz CT molecular complexity index is 419. The highest BCUT2D eigenvalue weighted by Gasteiger charge is 2.21. The topological polar surface area (TPSA) is 35.2 Å². The van der Waals surface area contributed by atoms with Crippen molar-refractivity contribution < 1.29 is 4.74 Å². The van der Waals surface area contributed by atoms with Gasteiger partial charge < -0.3 is 10.5 Å². The lowest BCUT2D eigenvalue weighted by Gasteiger charge is -2.28. The lowest BCUT2D eigenvalue weighted by molar-refractivity contribution is 0.128. The molecule has 0 spiro atoms. The molecule has 3 unspecified atom stereocenters. The van der Waals surface area contributed by atoms with Gasteiger partial charge in [-0.3, -0.25) is 0 Å². The zero-order valence-corrected chi connectivity index (χ0v) is 12.6. The van der Waals surface area contributed by atoms with Gasteiger partial charge in [-0.25, -0.2) is 0 Å². The summed E-state index contributed by atoms with van der Waals surface area (Å²) in [6, 6.07) is 5.97. The molecule has 1 saturated carbocycles. The van der Waals surface area contributed by atoms with Gasteiger partial charge in [-0.05, 0) is 50.7 Å². The average molecular weight is 282 g/mol. The van der Waals surface area contributed by atoms with E-state index in [1.54, 1.807) is 0 Å². The van der Waals surface area contributed by atoms with Gasteiger partial charge in [-0.2, -0.15) is 0 Å². The predicted octanol–water partition coefficient (Wildman–Crippen LogP) is 4.19. The second kappa shape index (κ2) is 6.62. The highest BCUT2D eigenvalue weighted by Crippen LogP contribution is 2.32. The quantitative estimate of drug-likeness (QED) is 0.898. The Morgan fingerprint density at radius 3 is 2.89 bits per heavy atom. The van der Waals surface area contributed by atoms with Crippen LogP contribution < -0.4 is 10.5 Å². The molecule has 0 aliphatic heterocycles. The van der Waals surface area contributed by atoms with Crippen molar-refractivity contribution in [2.45, 2.75) is 58.1 Å². The van der Waals surface area contributed by atoms with E-state index in [-0.39, 0.29) is 6.04 Å². The molecule has 1 aromatic carbocycles. The van der Waals surface area contributed by atoms with Crippen LogP contribution in [0, 0.1) is 5.92 Å². The van der Waals surface area contributed by atoms with E-state index in [2.05, 4.69) is 6.92 Å². The number of halogens is 1. The first-order valence-electron chi connectivity index (χ1n) is 7.26. The predicted molar refractivity (Wildman–Crippen MR) is 80.9 cm³/mol. The summed E-state index contributed by atoms with van der Waals surface area (Å²) >= 11 is 6.28. The molecular weight excluding hydrogens is 258 g/mol. The summed E-state index contributed by atoms with van der Waals surface area (Å²) in [6.45, 7) is 4.30. The highest BCUT2D eigenvalue weighted by atomic mass is 35.5. The van der Waals surface area contributed by atoms with Gasteiger partial charge in [0, 0.05) is 16.6 Å². The maximum absolute atomic E-state index is 6.28. The van der Waals surface area contributed by atoms with Crippen LogP contribution in [0.5, 0.6) is 5.75 Å². The fourth-order valence-corrected chi connectivity index (χ4v) is 3.08. The van der Waals surface area contributed by atoms with Crippen molar-refractivity contribution in [3.05, 3.63) is 28.8 Å². The Kier molecular flexibility index (Phi) is 5.12. The minimum absolute atomic E-state index is 0.0903. The summed E-state index contributed by atoms with van der Waals surface area (Å²) in [5.74, 6) is 1.68. The molecule has 0 bridgehead atoms. The highest BCUT2D eigenvalue weighted by molar-refractivity contribution is 6.31. The third-order valence-electron chi connectivity index (χ3n) is 3.78. The van der Waals surface area contributed by atoms with Crippen LogP contribution in [0.1, 0.15) is 45.1 Å². The molecule has 0 saturated heterocycles. The average Bonchev–Trinajstić information content (AvgIpc) is 2.33. The van der Waals surface area contributed by atoms with Crippen LogP contribution in [-0.2, 0) is 6.42 Å². The summed E-state index contributed by atoms with van der Waals surface area (Å²) in [7, 11) is 0. The number of rotatable bonds is 4. The Morgan fingerprint density at radius 1 is 1.42 bits per heavy atom. The molecule has 19 heavy (non-hydrogen) atoms. The smallest absolute Gasteiger partial charge is 0.124 e.